The smallest absolute Gasteiger partial charge is 0.311 e. The van der Waals surface area contributed by atoms with Crippen LogP contribution in [0.5, 0.6) is 5.88 Å². The molecule has 1 aromatic rings. The van der Waals surface area contributed by atoms with Crippen molar-refractivity contribution < 1.29 is 18.9 Å². The fraction of sp³-hybridized carbons (Fsp3) is 0.556. The van der Waals surface area contributed by atoms with E-state index in [0.29, 0.717) is 18.1 Å². The topological polar surface area (TPSA) is 85.7 Å². The van der Waals surface area contributed by atoms with Crippen molar-refractivity contribution in [2.24, 2.45) is 0 Å². The lowest BCUT2D eigenvalue weighted by Gasteiger charge is -2.15. The maximum Gasteiger partial charge on any atom is 0.311 e. The van der Waals surface area contributed by atoms with Crippen LogP contribution >= 0.6 is 6.64 Å². The Morgan fingerprint density at radius 3 is 2.56 bits per heavy atom. The predicted octanol–water partition coefficient (Wildman–Crippen LogP) is 0.584. The van der Waals surface area contributed by atoms with Crippen molar-refractivity contribution in [2.75, 3.05) is 21.3 Å². The van der Waals surface area contributed by atoms with E-state index in [9.17, 15) is 4.89 Å². The molecule has 1 unspecified atom stereocenters. The van der Waals surface area contributed by atoms with Gasteiger partial charge in [-0.15, -0.1) is 0 Å². The monoisotopic (exact) mass is 293 g/mol. The Morgan fingerprint density at radius 2 is 2.00 bits per heavy atom. The van der Waals surface area contributed by atoms with Crippen LogP contribution in [0.3, 0.4) is 0 Å². The van der Waals surface area contributed by atoms with Gasteiger partial charge in [0, 0.05) is 20.3 Å². The fourth-order valence-corrected chi connectivity index (χ4v) is 1.83. The minimum Gasteiger partial charge on any atom is -0.414 e. The summed E-state index contributed by atoms with van der Waals surface area (Å²) in [4.78, 5) is 18.0. The Hall–Kier alpha value is -0.630. The molecule has 1 rings (SSSR count). The fourth-order valence-electron chi connectivity index (χ4n) is 1.16. The zero-order valence-electron chi connectivity index (χ0n) is 10.4. The second kappa shape index (κ2) is 7.08. The van der Waals surface area contributed by atoms with E-state index < -0.39 is 6.64 Å². The van der Waals surface area contributed by atoms with E-state index in [1.54, 1.807) is 13.2 Å². The highest BCUT2D eigenvalue weighted by Gasteiger charge is 2.15. The minimum atomic E-state index is -3.06. The van der Waals surface area contributed by atoms with Gasteiger partial charge in [-0.1, -0.05) is 0 Å². The molecule has 0 bridgehead atoms. The molecule has 18 heavy (non-hydrogen) atoms. The molecule has 2 N–H and O–H groups in total. The lowest BCUT2D eigenvalue weighted by Crippen LogP contribution is -2.10. The van der Waals surface area contributed by atoms with Gasteiger partial charge in [-0.3, -0.25) is 0 Å². The third kappa shape index (κ3) is 4.93. The Kier molecular flexibility index (Phi) is 6.07. The lowest BCUT2D eigenvalue weighted by molar-refractivity contribution is 0.169. The molecule has 1 atom stereocenters. The van der Waals surface area contributed by atoms with Gasteiger partial charge >= 0.3 is 6.64 Å². The third-order valence-electron chi connectivity index (χ3n) is 1.87. The second-order valence-corrected chi connectivity index (χ2v) is 6.47. The number of rotatable bonds is 7. The van der Waals surface area contributed by atoms with Gasteiger partial charge in [-0.25, -0.2) is 10.1 Å². The largest absolute Gasteiger partial charge is 0.414 e. The van der Waals surface area contributed by atoms with E-state index in [1.807, 2.05) is 0 Å². The predicted molar refractivity (Wildman–Crippen MR) is 69.6 cm³/mol. The van der Waals surface area contributed by atoms with Crippen LogP contribution < -0.4 is 9.61 Å². The number of ether oxygens (including phenoxy) is 2. The van der Waals surface area contributed by atoms with Crippen LogP contribution in [0.2, 0.25) is 0 Å². The van der Waals surface area contributed by atoms with Gasteiger partial charge in [0.2, 0.25) is 5.88 Å². The normalized spacial score (nSPS) is 14.2. The molecular formula is C9H16N3O4PS. The molecule has 0 radical (unpaired) electrons. The molecule has 0 aliphatic heterocycles. The summed E-state index contributed by atoms with van der Waals surface area (Å²) in [6, 6.07) is 1.57. The molecule has 0 aliphatic carbocycles. The SMILES string of the molecule is CNP(O)(=S)Oc1cc(COC)nc(COC)n1. The summed E-state index contributed by atoms with van der Waals surface area (Å²) in [5, 5.41) is 2.53. The molecule has 0 spiro atoms. The van der Waals surface area contributed by atoms with Crippen LogP contribution in [0.15, 0.2) is 6.07 Å². The van der Waals surface area contributed by atoms with Crippen LogP contribution in [-0.4, -0.2) is 36.1 Å². The van der Waals surface area contributed by atoms with Crippen molar-refractivity contribution >= 4 is 18.4 Å². The number of aromatic nitrogens is 2. The van der Waals surface area contributed by atoms with E-state index in [1.165, 1.54) is 14.2 Å². The molecule has 7 nitrogen and oxygen atoms in total. The van der Waals surface area contributed by atoms with E-state index in [0.717, 1.165) is 0 Å². The van der Waals surface area contributed by atoms with E-state index in [4.69, 9.17) is 25.8 Å². The first kappa shape index (κ1) is 15.4. The standard InChI is InChI=1S/C9H16N3O4PS/c1-10-17(13,18)16-9-4-7(5-14-2)11-8(12-9)6-15-3/h4H,5-6H2,1-3H3,(H2,10,13,18). The van der Waals surface area contributed by atoms with E-state index in [2.05, 4.69) is 15.1 Å². The summed E-state index contributed by atoms with van der Waals surface area (Å²) in [6.07, 6.45) is 0. The molecule has 0 saturated carbocycles. The average Bonchev–Trinajstić information content (AvgIpc) is 2.29. The van der Waals surface area contributed by atoms with E-state index in [-0.39, 0.29) is 12.5 Å². The number of hydrogen-bond acceptors (Lipinski definition) is 6. The highest BCUT2D eigenvalue weighted by atomic mass is 32.5. The van der Waals surface area contributed by atoms with Crippen LogP contribution in [0, 0.1) is 0 Å². The third-order valence-corrected chi connectivity index (χ3v) is 3.64. The van der Waals surface area contributed by atoms with Crippen LogP contribution in [0.1, 0.15) is 11.5 Å². The molecule has 1 aromatic heterocycles. The number of nitrogens with one attached hydrogen (secondary N) is 1. The first-order valence-electron chi connectivity index (χ1n) is 5.07. The summed E-state index contributed by atoms with van der Waals surface area (Å²) in [5.41, 5.74) is 0.626. The Labute approximate surface area is 111 Å². The highest BCUT2D eigenvalue weighted by molar-refractivity contribution is 8.08. The summed E-state index contributed by atoms with van der Waals surface area (Å²) in [5.74, 6) is 0.637. The first-order chi connectivity index (χ1) is 8.50. The maximum absolute atomic E-state index is 9.69. The first-order valence-corrected chi connectivity index (χ1v) is 7.74. The number of methoxy groups -OCH3 is 2. The van der Waals surface area contributed by atoms with Gasteiger partial charge in [0.25, 0.3) is 0 Å². The Bertz CT molecular complexity index is 422. The second-order valence-electron chi connectivity index (χ2n) is 3.32. The summed E-state index contributed by atoms with van der Waals surface area (Å²) in [6.45, 7) is -2.51. The molecule has 1 heterocycles. The lowest BCUT2D eigenvalue weighted by atomic mass is 10.4. The number of nitrogens with zero attached hydrogens (tertiary/aromatic N) is 2. The summed E-state index contributed by atoms with van der Waals surface area (Å²) >= 11 is 4.85. The van der Waals surface area contributed by atoms with E-state index >= 15 is 0 Å². The van der Waals surface area contributed by atoms with Crippen molar-refractivity contribution in [3.05, 3.63) is 17.6 Å². The Morgan fingerprint density at radius 1 is 1.33 bits per heavy atom. The van der Waals surface area contributed by atoms with Gasteiger partial charge in [-0.05, 0) is 18.9 Å². The van der Waals surface area contributed by atoms with Gasteiger partial charge in [0.05, 0.1) is 12.3 Å². The quantitative estimate of drug-likeness (QED) is 0.706. The van der Waals surface area contributed by atoms with Crippen molar-refractivity contribution in [2.45, 2.75) is 13.2 Å². The average molecular weight is 293 g/mol. The Balaban J connectivity index is 2.98. The zero-order valence-corrected chi connectivity index (χ0v) is 12.1. The van der Waals surface area contributed by atoms with Crippen molar-refractivity contribution in [3.63, 3.8) is 0 Å². The molecule has 0 aliphatic rings. The van der Waals surface area contributed by atoms with Crippen molar-refractivity contribution in [1.82, 2.24) is 15.1 Å². The molecule has 0 aromatic carbocycles. The molecule has 9 heteroatoms. The highest BCUT2D eigenvalue weighted by Crippen LogP contribution is 2.36. The van der Waals surface area contributed by atoms with Crippen molar-refractivity contribution in [1.29, 1.82) is 0 Å². The molecule has 0 amide bonds. The van der Waals surface area contributed by atoms with Crippen molar-refractivity contribution in [3.8, 4) is 5.88 Å². The molecule has 102 valence electrons. The van der Waals surface area contributed by atoms with Crippen LogP contribution in [0.25, 0.3) is 0 Å². The summed E-state index contributed by atoms with van der Waals surface area (Å²) < 4.78 is 15.2. The van der Waals surface area contributed by atoms with Gasteiger partial charge in [-0.2, -0.15) is 4.98 Å². The molecule has 0 saturated heterocycles. The zero-order chi connectivity index (χ0) is 13.6. The maximum atomic E-state index is 9.69. The summed E-state index contributed by atoms with van der Waals surface area (Å²) in [7, 11) is 4.62. The number of hydrogen-bond donors (Lipinski definition) is 2. The molecule has 0 fully saturated rings. The van der Waals surface area contributed by atoms with Crippen LogP contribution in [0.4, 0.5) is 0 Å². The minimum absolute atomic E-state index is 0.198. The molecular weight excluding hydrogens is 277 g/mol. The van der Waals surface area contributed by atoms with Gasteiger partial charge < -0.3 is 18.9 Å². The van der Waals surface area contributed by atoms with Gasteiger partial charge in [0.15, 0.2) is 5.82 Å². The van der Waals surface area contributed by atoms with Crippen LogP contribution in [-0.2, 0) is 34.5 Å². The van der Waals surface area contributed by atoms with Gasteiger partial charge in [0.1, 0.15) is 6.61 Å².